The van der Waals surface area contributed by atoms with Gasteiger partial charge in [-0.25, -0.2) is 0 Å². The highest BCUT2D eigenvalue weighted by molar-refractivity contribution is 5.44. The molecule has 70 valence electrons. The minimum absolute atomic E-state index is 0.967. The van der Waals surface area contributed by atoms with Crippen molar-refractivity contribution < 1.29 is 0 Å². The van der Waals surface area contributed by atoms with Gasteiger partial charge in [0.2, 0.25) is 0 Å². The highest BCUT2D eigenvalue weighted by Gasteiger charge is 1.90. The fourth-order valence-corrected chi connectivity index (χ4v) is 1.18. The van der Waals surface area contributed by atoms with Crippen molar-refractivity contribution >= 4 is 5.69 Å². The third kappa shape index (κ3) is 3.32. The van der Waals surface area contributed by atoms with Gasteiger partial charge in [0.1, 0.15) is 0 Å². The largest absolute Gasteiger partial charge is 0.385 e. The highest BCUT2D eigenvalue weighted by Crippen LogP contribution is 2.09. The first-order valence-electron chi connectivity index (χ1n) is 4.80. The van der Waals surface area contributed by atoms with Crippen LogP contribution >= 0.6 is 0 Å². The predicted octanol–water partition coefficient (Wildman–Crippen LogP) is 3.24. The molecule has 0 heterocycles. The lowest BCUT2D eigenvalue weighted by Gasteiger charge is -2.04. The van der Waals surface area contributed by atoms with Crippen molar-refractivity contribution in [1.82, 2.24) is 0 Å². The first-order valence-corrected chi connectivity index (χ1v) is 4.80. The van der Waals surface area contributed by atoms with E-state index in [0.29, 0.717) is 0 Å². The molecule has 1 N–H and O–H groups in total. The van der Waals surface area contributed by atoms with Crippen LogP contribution in [-0.4, -0.2) is 6.54 Å². The number of benzene rings is 1. The molecule has 0 aromatic heterocycles. The summed E-state index contributed by atoms with van der Waals surface area (Å²) in [7, 11) is 0. The number of anilines is 1. The van der Waals surface area contributed by atoms with E-state index in [1.54, 1.807) is 0 Å². The van der Waals surface area contributed by atoms with Crippen LogP contribution in [-0.2, 0) is 6.42 Å². The summed E-state index contributed by atoms with van der Waals surface area (Å²) in [5.74, 6) is 0. The van der Waals surface area contributed by atoms with Crippen LogP contribution in [0.15, 0.2) is 36.9 Å². The zero-order valence-electron chi connectivity index (χ0n) is 8.22. The molecule has 1 heteroatoms. The van der Waals surface area contributed by atoms with E-state index in [2.05, 4.69) is 43.1 Å². The molecule has 0 aliphatic carbocycles. The van der Waals surface area contributed by atoms with Crippen LogP contribution < -0.4 is 5.32 Å². The molecule has 0 bridgehead atoms. The molecule has 0 amide bonds. The Balaban J connectivity index is 2.44. The number of hydrogen-bond acceptors (Lipinski definition) is 1. The molecule has 0 aliphatic heterocycles. The second-order valence-electron chi connectivity index (χ2n) is 3.05. The summed E-state index contributed by atoms with van der Waals surface area (Å²) in [4.78, 5) is 0. The fourth-order valence-electron chi connectivity index (χ4n) is 1.18. The average Bonchev–Trinajstić information content (AvgIpc) is 2.19. The summed E-state index contributed by atoms with van der Waals surface area (Å²) < 4.78 is 0. The van der Waals surface area contributed by atoms with Crippen molar-refractivity contribution in [3.8, 4) is 0 Å². The summed E-state index contributed by atoms with van der Waals surface area (Å²) in [6.07, 6.45) is 4.04. The van der Waals surface area contributed by atoms with E-state index in [4.69, 9.17) is 0 Å². The molecule has 1 rings (SSSR count). The number of rotatable bonds is 5. The smallest absolute Gasteiger partial charge is 0.0340 e. The molecule has 0 saturated heterocycles. The molecule has 1 nitrogen and oxygen atoms in total. The number of aryl methyl sites for hydroxylation is 1. The van der Waals surface area contributed by atoms with E-state index in [1.165, 1.54) is 11.3 Å². The summed E-state index contributed by atoms with van der Waals surface area (Å²) in [6.45, 7) is 6.81. The molecule has 0 saturated carbocycles. The van der Waals surface area contributed by atoms with Gasteiger partial charge < -0.3 is 5.32 Å². The van der Waals surface area contributed by atoms with Gasteiger partial charge in [-0.15, -0.1) is 6.58 Å². The van der Waals surface area contributed by atoms with E-state index in [-0.39, 0.29) is 0 Å². The SMILES string of the molecule is C=CCCNc1ccc(CC)cc1. The van der Waals surface area contributed by atoms with Gasteiger partial charge in [-0.05, 0) is 30.5 Å². The van der Waals surface area contributed by atoms with Gasteiger partial charge in [-0.1, -0.05) is 25.1 Å². The zero-order valence-corrected chi connectivity index (χ0v) is 8.22. The van der Waals surface area contributed by atoms with Crippen LogP contribution in [0.2, 0.25) is 0 Å². The molecule has 0 unspecified atom stereocenters. The summed E-state index contributed by atoms with van der Waals surface area (Å²) in [5.41, 5.74) is 2.58. The van der Waals surface area contributed by atoms with E-state index < -0.39 is 0 Å². The third-order valence-electron chi connectivity index (χ3n) is 2.04. The molecular formula is C12H17N. The van der Waals surface area contributed by atoms with Gasteiger partial charge in [0.05, 0.1) is 0 Å². The Morgan fingerprint density at radius 1 is 1.31 bits per heavy atom. The van der Waals surface area contributed by atoms with E-state index in [9.17, 15) is 0 Å². The molecule has 1 aromatic carbocycles. The predicted molar refractivity (Wildman–Crippen MR) is 59.1 cm³/mol. The van der Waals surface area contributed by atoms with Gasteiger partial charge in [0, 0.05) is 12.2 Å². The molecular weight excluding hydrogens is 158 g/mol. The van der Waals surface area contributed by atoms with Gasteiger partial charge in [-0.2, -0.15) is 0 Å². The van der Waals surface area contributed by atoms with Crippen molar-refractivity contribution in [2.75, 3.05) is 11.9 Å². The summed E-state index contributed by atoms with van der Waals surface area (Å²) in [5, 5.41) is 3.33. The van der Waals surface area contributed by atoms with Crippen molar-refractivity contribution in [3.05, 3.63) is 42.5 Å². The van der Waals surface area contributed by atoms with Crippen LogP contribution in [0.3, 0.4) is 0 Å². The van der Waals surface area contributed by atoms with Crippen LogP contribution in [0.25, 0.3) is 0 Å². The number of hydrogen-bond donors (Lipinski definition) is 1. The zero-order chi connectivity index (χ0) is 9.52. The van der Waals surface area contributed by atoms with E-state index in [0.717, 1.165) is 19.4 Å². The standard InChI is InChI=1S/C12H17N/c1-3-5-10-13-12-8-6-11(4-2)7-9-12/h3,6-9,13H,1,4-5,10H2,2H3. The fraction of sp³-hybridized carbons (Fsp3) is 0.333. The Hall–Kier alpha value is -1.24. The quantitative estimate of drug-likeness (QED) is 0.535. The molecule has 13 heavy (non-hydrogen) atoms. The molecule has 0 aliphatic rings. The van der Waals surface area contributed by atoms with Crippen LogP contribution in [0.4, 0.5) is 5.69 Å². The van der Waals surface area contributed by atoms with Crippen LogP contribution in [0.5, 0.6) is 0 Å². The first-order chi connectivity index (χ1) is 6.36. The summed E-state index contributed by atoms with van der Waals surface area (Å²) >= 11 is 0. The lowest BCUT2D eigenvalue weighted by atomic mass is 10.1. The van der Waals surface area contributed by atoms with Gasteiger partial charge in [0.25, 0.3) is 0 Å². The second-order valence-corrected chi connectivity index (χ2v) is 3.05. The monoisotopic (exact) mass is 175 g/mol. The van der Waals surface area contributed by atoms with Gasteiger partial charge in [-0.3, -0.25) is 0 Å². The van der Waals surface area contributed by atoms with Crippen LogP contribution in [0.1, 0.15) is 18.9 Å². The highest BCUT2D eigenvalue weighted by atomic mass is 14.9. The molecule has 0 atom stereocenters. The Kier molecular flexibility index (Phi) is 4.10. The third-order valence-corrected chi connectivity index (χ3v) is 2.04. The molecule has 0 fully saturated rings. The van der Waals surface area contributed by atoms with Crippen molar-refractivity contribution in [3.63, 3.8) is 0 Å². The molecule has 1 aromatic rings. The van der Waals surface area contributed by atoms with E-state index in [1.807, 2.05) is 6.08 Å². The normalized spacial score (nSPS) is 9.62. The maximum absolute atomic E-state index is 3.68. The van der Waals surface area contributed by atoms with Crippen molar-refractivity contribution in [2.24, 2.45) is 0 Å². The van der Waals surface area contributed by atoms with E-state index >= 15 is 0 Å². The average molecular weight is 175 g/mol. The topological polar surface area (TPSA) is 12.0 Å². The minimum atomic E-state index is 0.967. The van der Waals surface area contributed by atoms with Gasteiger partial charge >= 0.3 is 0 Å². The Morgan fingerprint density at radius 3 is 2.54 bits per heavy atom. The second kappa shape index (κ2) is 5.41. The maximum atomic E-state index is 3.68. The summed E-state index contributed by atoms with van der Waals surface area (Å²) in [6, 6.07) is 8.58. The maximum Gasteiger partial charge on any atom is 0.0340 e. The number of nitrogens with one attached hydrogen (secondary N) is 1. The van der Waals surface area contributed by atoms with Crippen molar-refractivity contribution in [2.45, 2.75) is 19.8 Å². The minimum Gasteiger partial charge on any atom is -0.385 e. The lowest BCUT2D eigenvalue weighted by Crippen LogP contribution is -1.99. The van der Waals surface area contributed by atoms with Gasteiger partial charge in [0.15, 0.2) is 0 Å². The molecule has 0 spiro atoms. The molecule has 0 radical (unpaired) electrons. The Bertz CT molecular complexity index is 248. The first kappa shape index (κ1) is 9.85. The lowest BCUT2D eigenvalue weighted by molar-refractivity contribution is 1.07. The van der Waals surface area contributed by atoms with Crippen LogP contribution in [0, 0.1) is 0 Å². The Labute approximate surface area is 80.5 Å². The Morgan fingerprint density at radius 2 is 2.00 bits per heavy atom. The van der Waals surface area contributed by atoms with Crippen molar-refractivity contribution in [1.29, 1.82) is 0 Å².